The quantitative estimate of drug-likeness (QED) is 0.450. The van der Waals surface area contributed by atoms with E-state index in [2.05, 4.69) is 24.3 Å². The summed E-state index contributed by atoms with van der Waals surface area (Å²) >= 11 is 0. The SMILES string of the molecule is CCCCC(CC)C(=O)Nc1ccc2cnn(Cc3ccc(C(=O)OC)cc3OC)c2c1. The van der Waals surface area contributed by atoms with Gasteiger partial charge in [0.05, 0.1) is 38.0 Å². The number of hydrogen-bond acceptors (Lipinski definition) is 5. The molecule has 0 aliphatic heterocycles. The summed E-state index contributed by atoms with van der Waals surface area (Å²) in [6.07, 6.45) is 5.66. The van der Waals surface area contributed by atoms with Gasteiger partial charge in [-0.2, -0.15) is 5.10 Å². The van der Waals surface area contributed by atoms with Crippen LogP contribution in [0.3, 0.4) is 0 Å². The average molecular weight is 438 g/mol. The van der Waals surface area contributed by atoms with E-state index in [0.717, 1.165) is 47.8 Å². The van der Waals surface area contributed by atoms with Gasteiger partial charge in [0, 0.05) is 22.6 Å². The van der Waals surface area contributed by atoms with Crippen molar-refractivity contribution in [3.05, 3.63) is 53.7 Å². The molecule has 1 aromatic heterocycles. The highest BCUT2D eigenvalue weighted by Gasteiger charge is 2.17. The number of nitrogens with one attached hydrogen (secondary N) is 1. The molecular weight excluding hydrogens is 406 g/mol. The fraction of sp³-hybridized carbons (Fsp3) is 0.400. The van der Waals surface area contributed by atoms with E-state index >= 15 is 0 Å². The Hall–Kier alpha value is -3.35. The normalized spacial score (nSPS) is 11.9. The third-order valence-corrected chi connectivity index (χ3v) is 5.71. The molecule has 0 spiro atoms. The zero-order valence-electron chi connectivity index (χ0n) is 19.2. The van der Waals surface area contributed by atoms with Gasteiger partial charge >= 0.3 is 5.97 Å². The molecule has 7 nitrogen and oxygen atoms in total. The fourth-order valence-electron chi connectivity index (χ4n) is 3.77. The molecule has 0 aliphatic carbocycles. The number of rotatable bonds is 10. The summed E-state index contributed by atoms with van der Waals surface area (Å²) in [5.74, 6) is 0.256. The minimum absolute atomic E-state index is 0.0214. The lowest BCUT2D eigenvalue weighted by molar-refractivity contribution is -0.120. The number of ether oxygens (including phenoxy) is 2. The van der Waals surface area contributed by atoms with Gasteiger partial charge in [0.15, 0.2) is 0 Å². The van der Waals surface area contributed by atoms with Gasteiger partial charge in [-0.25, -0.2) is 4.79 Å². The van der Waals surface area contributed by atoms with E-state index in [9.17, 15) is 9.59 Å². The van der Waals surface area contributed by atoms with Crippen LogP contribution in [0.1, 0.15) is 55.5 Å². The molecule has 0 saturated heterocycles. The molecule has 3 rings (SSSR count). The first-order chi connectivity index (χ1) is 15.5. The number of aromatic nitrogens is 2. The van der Waals surface area contributed by atoms with Crippen LogP contribution >= 0.6 is 0 Å². The van der Waals surface area contributed by atoms with Gasteiger partial charge in [-0.1, -0.05) is 32.8 Å². The lowest BCUT2D eigenvalue weighted by Crippen LogP contribution is -2.22. The third-order valence-electron chi connectivity index (χ3n) is 5.71. The molecular formula is C25H31N3O4. The number of carbonyl (C=O) groups is 2. The maximum absolute atomic E-state index is 12.7. The van der Waals surface area contributed by atoms with Crippen molar-refractivity contribution >= 4 is 28.5 Å². The van der Waals surface area contributed by atoms with Gasteiger partial charge in [0.25, 0.3) is 0 Å². The van der Waals surface area contributed by atoms with Crippen LogP contribution in [0.2, 0.25) is 0 Å². The zero-order valence-corrected chi connectivity index (χ0v) is 19.2. The molecule has 0 saturated carbocycles. The highest BCUT2D eigenvalue weighted by atomic mass is 16.5. The topological polar surface area (TPSA) is 82.5 Å². The number of hydrogen-bond donors (Lipinski definition) is 1. The molecule has 1 unspecified atom stereocenters. The fourth-order valence-corrected chi connectivity index (χ4v) is 3.77. The summed E-state index contributed by atoms with van der Waals surface area (Å²) in [5, 5.41) is 8.55. The summed E-state index contributed by atoms with van der Waals surface area (Å²) in [6, 6.07) is 11.0. The Morgan fingerprint density at radius 2 is 1.94 bits per heavy atom. The summed E-state index contributed by atoms with van der Waals surface area (Å²) in [5.41, 5.74) is 2.97. The minimum Gasteiger partial charge on any atom is -0.496 e. The zero-order chi connectivity index (χ0) is 23.1. The van der Waals surface area contributed by atoms with Crippen molar-refractivity contribution in [2.75, 3.05) is 19.5 Å². The lowest BCUT2D eigenvalue weighted by Gasteiger charge is -2.15. The van der Waals surface area contributed by atoms with E-state index < -0.39 is 5.97 Å². The number of nitrogens with zero attached hydrogens (tertiary/aromatic N) is 2. The molecule has 3 aromatic rings. The van der Waals surface area contributed by atoms with E-state index in [1.807, 2.05) is 28.9 Å². The van der Waals surface area contributed by atoms with Crippen LogP contribution in [0.25, 0.3) is 10.9 Å². The first-order valence-corrected chi connectivity index (χ1v) is 11.0. The molecule has 1 atom stereocenters. The van der Waals surface area contributed by atoms with E-state index in [1.165, 1.54) is 7.11 Å². The van der Waals surface area contributed by atoms with Crippen molar-refractivity contribution < 1.29 is 19.1 Å². The van der Waals surface area contributed by atoms with E-state index in [0.29, 0.717) is 17.9 Å². The Bertz CT molecular complexity index is 1090. The lowest BCUT2D eigenvalue weighted by atomic mass is 9.98. The molecule has 0 bridgehead atoms. The van der Waals surface area contributed by atoms with Crippen LogP contribution in [0.15, 0.2) is 42.6 Å². The third kappa shape index (κ3) is 5.28. The number of anilines is 1. The van der Waals surface area contributed by atoms with Crippen LogP contribution < -0.4 is 10.1 Å². The first-order valence-electron chi connectivity index (χ1n) is 11.0. The van der Waals surface area contributed by atoms with Gasteiger partial charge in [-0.05, 0) is 43.2 Å². The van der Waals surface area contributed by atoms with E-state index in [1.54, 1.807) is 25.4 Å². The largest absolute Gasteiger partial charge is 0.496 e. The molecule has 0 fully saturated rings. The molecule has 2 aromatic carbocycles. The smallest absolute Gasteiger partial charge is 0.337 e. The average Bonchev–Trinajstić information content (AvgIpc) is 3.21. The number of unbranched alkanes of at least 4 members (excludes halogenated alkanes) is 1. The number of methoxy groups -OCH3 is 2. The maximum atomic E-state index is 12.7. The minimum atomic E-state index is -0.413. The Kier molecular flexibility index (Phi) is 7.87. The molecule has 7 heteroatoms. The van der Waals surface area contributed by atoms with Gasteiger partial charge in [-0.15, -0.1) is 0 Å². The van der Waals surface area contributed by atoms with Gasteiger partial charge in [-0.3, -0.25) is 9.48 Å². The van der Waals surface area contributed by atoms with Crippen LogP contribution in [0.4, 0.5) is 5.69 Å². The second-order valence-electron chi connectivity index (χ2n) is 7.83. The molecule has 0 aliphatic rings. The summed E-state index contributed by atoms with van der Waals surface area (Å²) in [7, 11) is 2.92. The Balaban J connectivity index is 1.83. The van der Waals surface area contributed by atoms with Crippen LogP contribution in [-0.4, -0.2) is 35.9 Å². The highest BCUT2D eigenvalue weighted by Crippen LogP contribution is 2.25. The van der Waals surface area contributed by atoms with Crippen LogP contribution in [0.5, 0.6) is 5.75 Å². The Labute approximate surface area is 188 Å². The molecule has 170 valence electrons. The number of carbonyl (C=O) groups excluding carboxylic acids is 2. The Morgan fingerprint density at radius 3 is 2.62 bits per heavy atom. The monoisotopic (exact) mass is 437 g/mol. The Morgan fingerprint density at radius 1 is 1.12 bits per heavy atom. The van der Waals surface area contributed by atoms with Crippen molar-refractivity contribution in [1.82, 2.24) is 9.78 Å². The van der Waals surface area contributed by atoms with Gasteiger partial charge in [0.1, 0.15) is 5.75 Å². The highest BCUT2D eigenvalue weighted by molar-refractivity contribution is 5.95. The van der Waals surface area contributed by atoms with E-state index in [4.69, 9.17) is 9.47 Å². The molecule has 1 N–H and O–H groups in total. The second-order valence-corrected chi connectivity index (χ2v) is 7.83. The number of fused-ring (bicyclic) bond motifs is 1. The van der Waals surface area contributed by atoms with Crippen LogP contribution in [-0.2, 0) is 16.1 Å². The van der Waals surface area contributed by atoms with Gasteiger partial charge in [0.2, 0.25) is 5.91 Å². The van der Waals surface area contributed by atoms with Crippen molar-refractivity contribution in [1.29, 1.82) is 0 Å². The van der Waals surface area contributed by atoms with Crippen molar-refractivity contribution in [3.8, 4) is 5.75 Å². The number of amides is 1. The van der Waals surface area contributed by atoms with Gasteiger partial charge < -0.3 is 14.8 Å². The number of benzene rings is 2. The maximum Gasteiger partial charge on any atom is 0.337 e. The second kappa shape index (κ2) is 10.8. The molecule has 32 heavy (non-hydrogen) atoms. The predicted octanol–water partition coefficient (Wildman–Crippen LogP) is 5.03. The predicted molar refractivity (Wildman–Crippen MR) is 125 cm³/mol. The van der Waals surface area contributed by atoms with Crippen LogP contribution in [0, 0.1) is 5.92 Å². The van der Waals surface area contributed by atoms with E-state index in [-0.39, 0.29) is 11.8 Å². The first kappa shape index (κ1) is 23.3. The molecule has 1 heterocycles. The standard InChI is InChI=1S/C25H31N3O4/c1-5-7-8-17(6-2)24(29)27-21-12-11-19-15-26-28(22(19)14-21)16-20-10-9-18(25(30)32-4)13-23(20)31-3/h9-15,17H,5-8,16H2,1-4H3,(H,27,29). The summed E-state index contributed by atoms with van der Waals surface area (Å²) in [6.45, 7) is 4.65. The number of esters is 1. The summed E-state index contributed by atoms with van der Waals surface area (Å²) in [4.78, 5) is 24.5. The molecule has 0 radical (unpaired) electrons. The molecule has 1 amide bonds. The summed E-state index contributed by atoms with van der Waals surface area (Å²) < 4.78 is 12.1. The van der Waals surface area contributed by atoms with Crippen molar-refractivity contribution in [3.63, 3.8) is 0 Å². The van der Waals surface area contributed by atoms with Crippen molar-refractivity contribution in [2.24, 2.45) is 5.92 Å². The van der Waals surface area contributed by atoms with Crippen molar-refractivity contribution in [2.45, 2.75) is 46.1 Å².